The lowest BCUT2D eigenvalue weighted by Gasteiger charge is -2.38. The summed E-state index contributed by atoms with van der Waals surface area (Å²) in [7, 11) is 0. The predicted molar refractivity (Wildman–Crippen MR) is 87.4 cm³/mol. The van der Waals surface area contributed by atoms with Gasteiger partial charge in [-0.1, -0.05) is 12.8 Å². The van der Waals surface area contributed by atoms with Gasteiger partial charge in [0.15, 0.2) is 5.82 Å². The molecule has 1 N–H and O–H groups in total. The van der Waals surface area contributed by atoms with Gasteiger partial charge in [0, 0.05) is 18.8 Å². The molecule has 1 atom stereocenters. The third kappa shape index (κ3) is 2.56. The molecule has 4 rings (SSSR count). The maximum absolute atomic E-state index is 12.8. The van der Waals surface area contributed by atoms with Crippen LogP contribution in [0.25, 0.3) is 0 Å². The molecule has 122 valence electrons. The van der Waals surface area contributed by atoms with Gasteiger partial charge in [0.25, 0.3) is 0 Å². The number of nitrogens with zero attached hydrogens (tertiary/aromatic N) is 3. The number of hydrogen-bond donors (Lipinski definition) is 1. The highest BCUT2D eigenvalue weighted by Gasteiger charge is 2.42. The SMILES string of the molecule is O=C(CN1C(=O)[C@@H]2CCCN2c2ncccc21)NC1CCCC1. The van der Waals surface area contributed by atoms with E-state index in [2.05, 4.69) is 15.2 Å². The molecule has 2 aliphatic heterocycles. The topological polar surface area (TPSA) is 65.5 Å². The first-order chi connectivity index (χ1) is 11.2. The second kappa shape index (κ2) is 5.83. The summed E-state index contributed by atoms with van der Waals surface area (Å²) < 4.78 is 0. The van der Waals surface area contributed by atoms with Crippen LogP contribution in [0.3, 0.4) is 0 Å². The smallest absolute Gasteiger partial charge is 0.250 e. The summed E-state index contributed by atoms with van der Waals surface area (Å²) in [6.45, 7) is 0.959. The fraction of sp³-hybridized carbons (Fsp3) is 0.588. The predicted octanol–water partition coefficient (Wildman–Crippen LogP) is 1.46. The number of pyridine rings is 1. The van der Waals surface area contributed by atoms with E-state index in [1.807, 2.05) is 12.1 Å². The lowest BCUT2D eigenvalue weighted by atomic mass is 10.1. The molecule has 0 radical (unpaired) electrons. The van der Waals surface area contributed by atoms with Crippen LogP contribution in [-0.2, 0) is 9.59 Å². The van der Waals surface area contributed by atoms with Crippen LogP contribution in [0.1, 0.15) is 38.5 Å². The van der Waals surface area contributed by atoms with Crippen molar-refractivity contribution in [2.24, 2.45) is 0 Å². The van der Waals surface area contributed by atoms with Crippen molar-refractivity contribution in [3.05, 3.63) is 18.3 Å². The second-order valence-corrected chi connectivity index (χ2v) is 6.67. The van der Waals surface area contributed by atoms with Crippen molar-refractivity contribution in [3.63, 3.8) is 0 Å². The van der Waals surface area contributed by atoms with Crippen LogP contribution in [-0.4, -0.2) is 42.0 Å². The van der Waals surface area contributed by atoms with Gasteiger partial charge in [-0.05, 0) is 37.8 Å². The van der Waals surface area contributed by atoms with Gasteiger partial charge in [-0.25, -0.2) is 4.98 Å². The van der Waals surface area contributed by atoms with Gasteiger partial charge in [0.2, 0.25) is 11.8 Å². The molecule has 23 heavy (non-hydrogen) atoms. The summed E-state index contributed by atoms with van der Waals surface area (Å²) in [6.07, 6.45) is 8.04. The summed E-state index contributed by atoms with van der Waals surface area (Å²) in [4.78, 5) is 33.4. The number of anilines is 2. The average Bonchev–Trinajstić information content (AvgIpc) is 3.23. The molecule has 6 heteroatoms. The summed E-state index contributed by atoms with van der Waals surface area (Å²) in [5.41, 5.74) is 0.761. The van der Waals surface area contributed by atoms with E-state index in [1.54, 1.807) is 11.1 Å². The largest absolute Gasteiger partial charge is 0.352 e. The lowest BCUT2D eigenvalue weighted by Crippen LogP contribution is -2.54. The number of hydrogen-bond acceptors (Lipinski definition) is 4. The maximum atomic E-state index is 12.8. The summed E-state index contributed by atoms with van der Waals surface area (Å²) >= 11 is 0. The van der Waals surface area contributed by atoms with E-state index < -0.39 is 0 Å². The van der Waals surface area contributed by atoms with Crippen molar-refractivity contribution < 1.29 is 9.59 Å². The Labute approximate surface area is 135 Å². The number of carbonyl (C=O) groups is 2. The minimum Gasteiger partial charge on any atom is -0.352 e. The number of amides is 2. The van der Waals surface area contributed by atoms with Gasteiger partial charge < -0.3 is 10.2 Å². The highest BCUT2D eigenvalue weighted by Crippen LogP contribution is 2.38. The van der Waals surface area contributed by atoms with E-state index in [-0.39, 0.29) is 30.4 Å². The molecule has 6 nitrogen and oxygen atoms in total. The molecule has 1 aliphatic carbocycles. The molecule has 3 aliphatic rings. The highest BCUT2D eigenvalue weighted by molar-refractivity contribution is 6.08. The first kappa shape index (κ1) is 14.5. The average molecular weight is 314 g/mol. The zero-order valence-corrected chi connectivity index (χ0v) is 13.2. The van der Waals surface area contributed by atoms with Crippen molar-refractivity contribution in [1.82, 2.24) is 10.3 Å². The fourth-order valence-corrected chi connectivity index (χ4v) is 4.05. The lowest BCUT2D eigenvalue weighted by molar-refractivity contribution is -0.125. The quantitative estimate of drug-likeness (QED) is 0.917. The van der Waals surface area contributed by atoms with Crippen LogP contribution in [0.5, 0.6) is 0 Å². The molecular formula is C17H22N4O2. The van der Waals surface area contributed by atoms with Gasteiger partial charge in [-0.2, -0.15) is 0 Å². The van der Waals surface area contributed by atoms with Gasteiger partial charge >= 0.3 is 0 Å². The first-order valence-electron chi connectivity index (χ1n) is 8.56. The third-order valence-corrected chi connectivity index (χ3v) is 5.15. The molecule has 0 unspecified atom stereocenters. The maximum Gasteiger partial charge on any atom is 0.250 e. The molecule has 1 aromatic rings. The Morgan fingerprint density at radius 1 is 1.26 bits per heavy atom. The molecule has 1 saturated carbocycles. The van der Waals surface area contributed by atoms with E-state index in [9.17, 15) is 9.59 Å². The van der Waals surface area contributed by atoms with E-state index >= 15 is 0 Å². The summed E-state index contributed by atoms with van der Waals surface area (Å²) in [5.74, 6) is 0.805. The van der Waals surface area contributed by atoms with Crippen LogP contribution in [0.15, 0.2) is 18.3 Å². The zero-order valence-electron chi connectivity index (χ0n) is 13.2. The second-order valence-electron chi connectivity index (χ2n) is 6.67. The molecular weight excluding hydrogens is 292 g/mol. The molecule has 3 heterocycles. The molecule has 0 spiro atoms. The number of carbonyl (C=O) groups excluding carboxylic acids is 2. The number of nitrogens with one attached hydrogen (secondary N) is 1. The molecule has 2 amide bonds. The standard InChI is InChI=1S/C17H22N4O2/c22-15(19-12-5-1-2-6-12)11-21-13-7-3-9-18-16(13)20-10-4-8-14(20)17(21)23/h3,7,9,12,14H,1-2,4-6,8,10-11H2,(H,19,22)/t14-/m0/s1. The minimum absolute atomic E-state index is 0.0320. The van der Waals surface area contributed by atoms with Crippen molar-refractivity contribution in [2.75, 3.05) is 22.9 Å². The molecule has 2 fully saturated rings. The Kier molecular flexibility index (Phi) is 3.67. The summed E-state index contributed by atoms with van der Waals surface area (Å²) in [6, 6.07) is 3.83. The van der Waals surface area contributed by atoms with Gasteiger partial charge in [-0.3, -0.25) is 14.5 Å². The van der Waals surface area contributed by atoms with E-state index in [1.165, 1.54) is 12.8 Å². The van der Waals surface area contributed by atoms with Crippen LogP contribution in [0.4, 0.5) is 11.5 Å². The third-order valence-electron chi connectivity index (χ3n) is 5.15. The van der Waals surface area contributed by atoms with E-state index in [0.29, 0.717) is 0 Å². The molecule has 1 aromatic heterocycles. The highest BCUT2D eigenvalue weighted by atomic mass is 16.2. The van der Waals surface area contributed by atoms with Gasteiger partial charge in [0.05, 0.1) is 5.69 Å². The van der Waals surface area contributed by atoms with Crippen molar-refractivity contribution in [2.45, 2.75) is 50.6 Å². The fourth-order valence-electron chi connectivity index (χ4n) is 4.05. The van der Waals surface area contributed by atoms with Crippen molar-refractivity contribution in [3.8, 4) is 0 Å². The Morgan fingerprint density at radius 2 is 2.09 bits per heavy atom. The zero-order chi connectivity index (χ0) is 15.8. The van der Waals surface area contributed by atoms with Crippen molar-refractivity contribution in [1.29, 1.82) is 0 Å². The number of fused-ring (bicyclic) bond motifs is 3. The Balaban J connectivity index is 1.56. The summed E-state index contributed by atoms with van der Waals surface area (Å²) in [5, 5.41) is 3.07. The normalized spacial score (nSPS) is 23.8. The number of aromatic nitrogens is 1. The Morgan fingerprint density at radius 3 is 2.91 bits per heavy atom. The molecule has 1 saturated heterocycles. The Bertz CT molecular complexity index is 627. The van der Waals surface area contributed by atoms with Gasteiger partial charge in [-0.15, -0.1) is 0 Å². The minimum atomic E-state index is -0.156. The first-order valence-corrected chi connectivity index (χ1v) is 8.56. The monoisotopic (exact) mass is 314 g/mol. The van der Waals surface area contributed by atoms with Crippen LogP contribution in [0.2, 0.25) is 0 Å². The van der Waals surface area contributed by atoms with Crippen LogP contribution >= 0.6 is 0 Å². The van der Waals surface area contributed by atoms with E-state index in [0.717, 1.165) is 43.7 Å². The Hall–Kier alpha value is -2.11. The van der Waals surface area contributed by atoms with E-state index in [4.69, 9.17) is 0 Å². The van der Waals surface area contributed by atoms with Crippen LogP contribution in [0, 0.1) is 0 Å². The number of rotatable bonds is 3. The van der Waals surface area contributed by atoms with Crippen molar-refractivity contribution >= 4 is 23.3 Å². The van der Waals surface area contributed by atoms with Gasteiger partial charge in [0.1, 0.15) is 12.6 Å². The molecule has 0 aromatic carbocycles. The molecule has 0 bridgehead atoms. The van der Waals surface area contributed by atoms with Crippen LogP contribution < -0.4 is 15.1 Å².